The minimum Gasteiger partial charge on any atom is -0.351 e. The van der Waals surface area contributed by atoms with Crippen LogP contribution in [0, 0.1) is 0 Å². The number of carbonyl (C=O) groups is 2. The molecule has 0 spiro atoms. The van der Waals surface area contributed by atoms with E-state index in [4.69, 9.17) is 0 Å². The number of rotatable bonds is 4. The largest absolute Gasteiger partial charge is 0.351 e. The third-order valence-electron chi connectivity index (χ3n) is 4.31. The van der Waals surface area contributed by atoms with Crippen LogP contribution < -0.4 is 10.6 Å². The van der Waals surface area contributed by atoms with Crippen LogP contribution in [0.3, 0.4) is 0 Å². The second-order valence-electron chi connectivity index (χ2n) is 5.66. The normalized spacial score (nSPS) is 24.7. The number of amides is 2. The summed E-state index contributed by atoms with van der Waals surface area (Å²) < 4.78 is 0. The molecular formula is C15H21N3O2S. The summed E-state index contributed by atoms with van der Waals surface area (Å²) in [5.41, 5.74) is 0. The Kier molecular flexibility index (Phi) is 4.55. The molecule has 6 heteroatoms. The summed E-state index contributed by atoms with van der Waals surface area (Å²) in [6, 6.07) is 4.39. The Labute approximate surface area is 128 Å². The summed E-state index contributed by atoms with van der Waals surface area (Å²) >= 11 is 1.42. The maximum atomic E-state index is 12.4. The molecule has 2 fully saturated rings. The van der Waals surface area contributed by atoms with E-state index in [9.17, 15) is 9.59 Å². The van der Waals surface area contributed by atoms with Gasteiger partial charge in [-0.2, -0.15) is 0 Å². The van der Waals surface area contributed by atoms with Gasteiger partial charge in [0.1, 0.15) is 0 Å². The number of nitrogens with zero attached hydrogens (tertiary/aromatic N) is 1. The fraction of sp³-hybridized carbons (Fsp3) is 0.600. The SMILES string of the molecule is O=C(NCCC(=O)N1C2CCNCC1CC2)c1cccs1. The Bertz CT molecular complexity index is 489. The van der Waals surface area contributed by atoms with Crippen molar-refractivity contribution in [3.63, 3.8) is 0 Å². The van der Waals surface area contributed by atoms with Gasteiger partial charge in [-0.25, -0.2) is 0 Å². The van der Waals surface area contributed by atoms with Crippen LogP contribution in [0.2, 0.25) is 0 Å². The number of nitrogens with one attached hydrogen (secondary N) is 2. The van der Waals surface area contributed by atoms with Gasteiger partial charge >= 0.3 is 0 Å². The molecule has 2 aliphatic heterocycles. The van der Waals surface area contributed by atoms with Crippen LogP contribution in [0.15, 0.2) is 17.5 Å². The van der Waals surface area contributed by atoms with E-state index in [1.54, 1.807) is 6.07 Å². The molecule has 1 aromatic heterocycles. The first kappa shape index (κ1) is 14.5. The Morgan fingerprint density at radius 1 is 1.33 bits per heavy atom. The van der Waals surface area contributed by atoms with E-state index in [0.717, 1.165) is 32.4 Å². The van der Waals surface area contributed by atoms with E-state index in [-0.39, 0.29) is 11.8 Å². The zero-order chi connectivity index (χ0) is 14.7. The number of fused-ring (bicyclic) bond motifs is 2. The average molecular weight is 307 g/mol. The van der Waals surface area contributed by atoms with Gasteiger partial charge in [-0.1, -0.05) is 6.07 Å². The zero-order valence-electron chi connectivity index (χ0n) is 12.0. The molecule has 1 aromatic rings. The summed E-state index contributed by atoms with van der Waals surface area (Å²) in [6.07, 6.45) is 3.67. The molecule has 0 saturated carbocycles. The second-order valence-corrected chi connectivity index (χ2v) is 6.61. The maximum Gasteiger partial charge on any atom is 0.261 e. The van der Waals surface area contributed by atoms with Gasteiger partial charge in [-0.05, 0) is 37.3 Å². The third kappa shape index (κ3) is 3.27. The van der Waals surface area contributed by atoms with Crippen molar-refractivity contribution in [3.8, 4) is 0 Å². The lowest BCUT2D eigenvalue weighted by atomic mass is 10.1. The molecule has 2 aliphatic rings. The summed E-state index contributed by atoms with van der Waals surface area (Å²) in [4.78, 5) is 27.0. The Hall–Kier alpha value is -1.40. The fourth-order valence-electron chi connectivity index (χ4n) is 3.30. The molecule has 114 valence electrons. The average Bonchev–Trinajstić information content (AvgIpc) is 3.05. The minimum absolute atomic E-state index is 0.0849. The van der Waals surface area contributed by atoms with Crippen molar-refractivity contribution in [3.05, 3.63) is 22.4 Å². The highest BCUT2D eigenvalue weighted by atomic mass is 32.1. The fourth-order valence-corrected chi connectivity index (χ4v) is 3.94. The van der Waals surface area contributed by atoms with Gasteiger partial charge in [-0.3, -0.25) is 9.59 Å². The molecule has 2 amide bonds. The van der Waals surface area contributed by atoms with Crippen LogP contribution in [-0.4, -0.2) is 48.4 Å². The standard InChI is InChI=1S/C15H21N3O2S/c19-14(6-8-17-15(20)13-2-1-9-21-13)18-11-3-4-12(18)10-16-7-5-11/h1-2,9,11-12,16H,3-8,10H2,(H,17,20). The summed E-state index contributed by atoms with van der Waals surface area (Å²) in [7, 11) is 0. The van der Waals surface area contributed by atoms with Crippen molar-refractivity contribution >= 4 is 23.2 Å². The van der Waals surface area contributed by atoms with Gasteiger partial charge in [-0.15, -0.1) is 11.3 Å². The smallest absolute Gasteiger partial charge is 0.261 e. The first-order valence-corrected chi connectivity index (χ1v) is 8.47. The molecule has 2 atom stereocenters. The van der Waals surface area contributed by atoms with Crippen molar-refractivity contribution in [2.75, 3.05) is 19.6 Å². The second kappa shape index (κ2) is 6.58. The van der Waals surface area contributed by atoms with Gasteiger partial charge < -0.3 is 15.5 Å². The van der Waals surface area contributed by atoms with Crippen LogP contribution in [0.25, 0.3) is 0 Å². The molecule has 5 nitrogen and oxygen atoms in total. The molecule has 0 aliphatic carbocycles. The number of thiophene rings is 1. The van der Waals surface area contributed by atoms with E-state index in [0.29, 0.717) is 29.9 Å². The van der Waals surface area contributed by atoms with Crippen LogP contribution >= 0.6 is 11.3 Å². The lowest BCUT2D eigenvalue weighted by Crippen LogP contribution is -2.43. The van der Waals surface area contributed by atoms with Crippen molar-refractivity contribution in [1.82, 2.24) is 15.5 Å². The Morgan fingerprint density at radius 3 is 3.00 bits per heavy atom. The van der Waals surface area contributed by atoms with Gasteiger partial charge in [0.15, 0.2) is 0 Å². The highest BCUT2D eigenvalue weighted by molar-refractivity contribution is 7.12. The summed E-state index contributed by atoms with van der Waals surface area (Å²) in [6.45, 7) is 2.32. The quantitative estimate of drug-likeness (QED) is 0.879. The van der Waals surface area contributed by atoms with E-state index in [2.05, 4.69) is 15.5 Å². The van der Waals surface area contributed by atoms with Crippen molar-refractivity contribution in [2.45, 2.75) is 37.8 Å². The molecule has 3 rings (SSSR count). The Balaban J connectivity index is 1.49. The molecule has 0 radical (unpaired) electrons. The first-order valence-electron chi connectivity index (χ1n) is 7.59. The molecule has 2 unspecified atom stereocenters. The number of carbonyl (C=O) groups excluding carboxylic acids is 2. The van der Waals surface area contributed by atoms with Gasteiger partial charge in [0.2, 0.25) is 5.91 Å². The lowest BCUT2D eigenvalue weighted by molar-refractivity contribution is -0.133. The van der Waals surface area contributed by atoms with E-state index < -0.39 is 0 Å². The molecule has 2 N–H and O–H groups in total. The van der Waals surface area contributed by atoms with Gasteiger partial charge in [0.25, 0.3) is 5.91 Å². The molecule has 2 bridgehead atoms. The first-order chi connectivity index (χ1) is 10.3. The topological polar surface area (TPSA) is 61.4 Å². The van der Waals surface area contributed by atoms with Gasteiger partial charge in [0, 0.05) is 31.6 Å². The minimum atomic E-state index is -0.0849. The number of hydrogen-bond acceptors (Lipinski definition) is 4. The number of hydrogen-bond donors (Lipinski definition) is 2. The van der Waals surface area contributed by atoms with E-state index >= 15 is 0 Å². The van der Waals surface area contributed by atoms with Crippen molar-refractivity contribution < 1.29 is 9.59 Å². The summed E-state index contributed by atoms with van der Waals surface area (Å²) in [5, 5.41) is 8.10. The van der Waals surface area contributed by atoms with Crippen LogP contribution in [0.1, 0.15) is 35.4 Å². The third-order valence-corrected chi connectivity index (χ3v) is 5.18. The Morgan fingerprint density at radius 2 is 2.19 bits per heavy atom. The van der Waals surface area contributed by atoms with Gasteiger partial charge in [0.05, 0.1) is 4.88 Å². The van der Waals surface area contributed by atoms with E-state index in [1.165, 1.54) is 11.3 Å². The van der Waals surface area contributed by atoms with Crippen LogP contribution in [0.5, 0.6) is 0 Å². The molecule has 0 aromatic carbocycles. The van der Waals surface area contributed by atoms with Crippen molar-refractivity contribution in [1.29, 1.82) is 0 Å². The zero-order valence-corrected chi connectivity index (χ0v) is 12.8. The molecule has 3 heterocycles. The predicted octanol–water partition coefficient (Wildman–Crippen LogP) is 1.22. The maximum absolute atomic E-state index is 12.4. The molecule has 21 heavy (non-hydrogen) atoms. The molecule has 2 saturated heterocycles. The molecular weight excluding hydrogens is 286 g/mol. The van der Waals surface area contributed by atoms with Crippen LogP contribution in [0.4, 0.5) is 0 Å². The van der Waals surface area contributed by atoms with E-state index in [1.807, 2.05) is 11.4 Å². The highest BCUT2D eigenvalue weighted by Gasteiger charge is 2.37. The van der Waals surface area contributed by atoms with Crippen molar-refractivity contribution in [2.24, 2.45) is 0 Å². The lowest BCUT2D eigenvalue weighted by Gasteiger charge is -2.28. The monoisotopic (exact) mass is 307 g/mol. The predicted molar refractivity (Wildman–Crippen MR) is 82.4 cm³/mol. The highest BCUT2D eigenvalue weighted by Crippen LogP contribution is 2.28. The van der Waals surface area contributed by atoms with Crippen LogP contribution in [-0.2, 0) is 4.79 Å². The summed E-state index contributed by atoms with van der Waals surface area (Å²) in [5.74, 6) is 0.0935.